The predicted molar refractivity (Wildman–Crippen MR) is 174 cm³/mol. The minimum atomic E-state index is -5.08. The summed E-state index contributed by atoms with van der Waals surface area (Å²) in [6.07, 6.45) is -3.17. The average Bonchev–Trinajstić information content (AvgIpc) is 3.47. The van der Waals surface area contributed by atoms with Crippen LogP contribution in [0.4, 0.5) is 35.1 Å². The van der Waals surface area contributed by atoms with Crippen molar-refractivity contribution in [3.8, 4) is 5.75 Å². The Morgan fingerprint density at radius 3 is 2.06 bits per heavy atom. The van der Waals surface area contributed by atoms with E-state index in [0.29, 0.717) is 63.1 Å². The van der Waals surface area contributed by atoms with Crippen molar-refractivity contribution in [2.45, 2.75) is 69.8 Å². The van der Waals surface area contributed by atoms with Gasteiger partial charge in [0.05, 0.1) is 4.70 Å². The number of amides is 1. The summed E-state index contributed by atoms with van der Waals surface area (Å²) in [7, 11) is 0. The van der Waals surface area contributed by atoms with Crippen LogP contribution in [-0.4, -0.2) is 94.2 Å². The number of rotatable bonds is 13. The lowest BCUT2D eigenvalue weighted by Gasteiger charge is -2.25. The topological polar surface area (TPSA) is 172 Å². The van der Waals surface area contributed by atoms with Gasteiger partial charge in [-0.1, -0.05) is 36.7 Å². The van der Waals surface area contributed by atoms with Crippen LogP contribution in [0.5, 0.6) is 5.75 Å². The van der Waals surface area contributed by atoms with Gasteiger partial charge in [-0.05, 0) is 67.6 Å². The van der Waals surface area contributed by atoms with Crippen LogP contribution in [0.2, 0.25) is 0 Å². The summed E-state index contributed by atoms with van der Waals surface area (Å²) in [5, 5.41) is 30.8. The molecule has 0 aliphatic heterocycles. The second-order valence-corrected chi connectivity index (χ2v) is 12.5. The number of phenols is 1. The number of nitrogens with one attached hydrogen (secondary N) is 3. The molecular weight excluding hydrogens is 736 g/mol. The summed E-state index contributed by atoms with van der Waals surface area (Å²) >= 11 is 1.09. The van der Waals surface area contributed by atoms with Crippen molar-refractivity contribution in [3.63, 3.8) is 0 Å². The van der Waals surface area contributed by atoms with Crippen molar-refractivity contribution < 1.29 is 64.8 Å². The zero-order valence-corrected chi connectivity index (χ0v) is 28.3. The highest BCUT2D eigenvalue weighted by Gasteiger charge is 2.38. The van der Waals surface area contributed by atoms with E-state index in [4.69, 9.17) is 19.8 Å². The van der Waals surface area contributed by atoms with Gasteiger partial charge in [-0.2, -0.15) is 26.3 Å². The number of aromatic hydroxyl groups is 1. The second-order valence-electron chi connectivity index (χ2n) is 11.5. The monoisotopic (exact) mass is 774 g/mol. The molecule has 52 heavy (non-hydrogen) atoms. The summed E-state index contributed by atoms with van der Waals surface area (Å²) in [6, 6.07) is 7.17. The maximum atomic E-state index is 14.1. The molecule has 1 fully saturated rings. The summed E-state index contributed by atoms with van der Waals surface area (Å²) in [5.41, 5.74) is 1.78. The van der Waals surface area contributed by atoms with Gasteiger partial charge in [-0.25, -0.2) is 18.4 Å². The molecule has 290 valence electrons. The summed E-state index contributed by atoms with van der Waals surface area (Å²) in [4.78, 5) is 46.6. The number of halogens is 8. The van der Waals surface area contributed by atoms with E-state index < -0.39 is 35.9 Å². The molecule has 3 aromatic rings. The van der Waals surface area contributed by atoms with Crippen molar-refractivity contribution in [2.75, 3.05) is 32.7 Å². The van der Waals surface area contributed by atoms with E-state index in [9.17, 15) is 49.8 Å². The van der Waals surface area contributed by atoms with Crippen LogP contribution in [0.1, 0.15) is 49.7 Å². The van der Waals surface area contributed by atoms with Crippen LogP contribution in [-0.2, 0) is 27.2 Å². The van der Waals surface area contributed by atoms with Crippen molar-refractivity contribution in [2.24, 2.45) is 0 Å². The highest BCUT2D eigenvalue weighted by Crippen LogP contribution is 2.28. The lowest BCUT2D eigenvalue weighted by Crippen LogP contribution is -2.40. The predicted octanol–water partition coefficient (Wildman–Crippen LogP) is 5.36. The van der Waals surface area contributed by atoms with Gasteiger partial charge in [0.2, 0.25) is 5.91 Å². The minimum absolute atomic E-state index is 0.0358. The molecule has 1 heterocycles. The number of hydrogen-bond acceptors (Lipinski definition) is 8. The maximum Gasteiger partial charge on any atom is 0.490 e. The molecule has 0 radical (unpaired) electrons. The Kier molecular flexibility index (Phi) is 17.4. The number of alkyl halides is 6. The first-order chi connectivity index (χ1) is 24.3. The van der Waals surface area contributed by atoms with Crippen molar-refractivity contribution in [3.05, 3.63) is 62.8 Å². The van der Waals surface area contributed by atoms with Gasteiger partial charge in [0.15, 0.2) is 0 Å². The van der Waals surface area contributed by atoms with Crippen molar-refractivity contribution in [1.82, 2.24) is 20.5 Å². The van der Waals surface area contributed by atoms with Gasteiger partial charge >= 0.3 is 29.2 Å². The van der Waals surface area contributed by atoms with Crippen molar-refractivity contribution in [1.29, 1.82) is 0 Å². The number of H-pyrrole nitrogens is 1. The Morgan fingerprint density at radius 2 is 1.46 bits per heavy atom. The van der Waals surface area contributed by atoms with E-state index >= 15 is 0 Å². The molecular formula is C32H38F8N4O7S. The summed E-state index contributed by atoms with van der Waals surface area (Å²) in [6.45, 7) is 3.01. The number of fused-ring (bicyclic) bond motifs is 1. The van der Waals surface area contributed by atoms with E-state index in [1.165, 1.54) is 12.5 Å². The molecule has 0 unspecified atom stereocenters. The smallest absolute Gasteiger partial charge is 0.490 e. The van der Waals surface area contributed by atoms with Gasteiger partial charge in [0.25, 0.3) is 0 Å². The number of aliphatic carboxylic acids is 2. The van der Waals surface area contributed by atoms with E-state index in [0.717, 1.165) is 59.4 Å². The van der Waals surface area contributed by atoms with Gasteiger partial charge in [-0.3, -0.25) is 9.59 Å². The van der Waals surface area contributed by atoms with Gasteiger partial charge in [0, 0.05) is 38.6 Å². The second kappa shape index (κ2) is 20.7. The first-order valence-electron chi connectivity index (χ1n) is 15.9. The molecule has 6 N–H and O–H groups in total. The molecule has 1 saturated carbocycles. The van der Waals surface area contributed by atoms with Gasteiger partial charge < -0.3 is 35.8 Å². The molecule has 0 atom stereocenters. The molecule has 4 rings (SSSR count). The number of carboxylic acids is 2. The number of thiazole rings is 1. The fraction of sp³-hybridized carbons (Fsp3) is 0.500. The minimum Gasteiger partial charge on any atom is -0.506 e. The maximum absolute atomic E-state index is 14.1. The SMILES string of the molecule is O=C(CCN(CCNCCc1ccc(O)c2[nH]c(=O)sc12)CCc1cc(F)ccc1F)NC1CCCCC1.O=C(O)C(F)(F)F.O=C(O)C(F)(F)F. The number of nitrogens with zero attached hydrogens (tertiary/aromatic N) is 1. The Balaban J connectivity index is 0.000000564. The van der Waals surface area contributed by atoms with E-state index in [2.05, 4.69) is 20.5 Å². The fourth-order valence-electron chi connectivity index (χ4n) is 5.01. The Labute approximate surface area is 295 Å². The largest absolute Gasteiger partial charge is 0.506 e. The Morgan fingerprint density at radius 1 is 0.846 bits per heavy atom. The molecule has 1 aromatic heterocycles. The first kappa shape index (κ1) is 43.9. The standard InChI is InChI=1S/C28H36F2N4O3S.2C2HF3O2/c29-21-7-8-23(30)20(18-21)11-15-34(16-12-25(36)32-22-4-2-1-3-5-22)17-14-31-13-10-19-6-9-24(35)26-27(19)38-28(37)33-26;2*3-2(4,5)1(6)7/h6-9,18,22,31,35H,1-5,10-17H2,(H,32,36)(H,33,37);2*(H,6,7). The van der Waals surface area contributed by atoms with Gasteiger partial charge in [-0.15, -0.1) is 0 Å². The normalized spacial score (nSPS) is 13.6. The van der Waals surface area contributed by atoms with Crippen LogP contribution in [0.3, 0.4) is 0 Å². The Bertz CT molecular complexity index is 1650. The zero-order valence-electron chi connectivity index (χ0n) is 27.5. The van der Waals surface area contributed by atoms with Crippen LogP contribution in [0.25, 0.3) is 10.2 Å². The summed E-state index contributed by atoms with van der Waals surface area (Å²) < 4.78 is 92.0. The third-order valence-corrected chi connectivity index (χ3v) is 8.59. The van der Waals surface area contributed by atoms with E-state index in [-0.39, 0.29) is 22.6 Å². The van der Waals surface area contributed by atoms with E-state index in [1.807, 2.05) is 6.07 Å². The fourth-order valence-corrected chi connectivity index (χ4v) is 5.91. The number of carbonyl (C=O) groups is 3. The number of hydrogen-bond donors (Lipinski definition) is 6. The molecule has 0 spiro atoms. The third-order valence-electron chi connectivity index (χ3n) is 7.63. The molecule has 2 aromatic carbocycles. The van der Waals surface area contributed by atoms with E-state index in [1.54, 1.807) is 6.07 Å². The number of carboxylic acid groups (broad SMARTS) is 2. The summed E-state index contributed by atoms with van der Waals surface area (Å²) in [5.74, 6) is -6.30. The number of aromatic amines is 1. The Hall–Kier alpha value is -4.30. The number of carbonyl (C=O) groups excluding carboxylic acids is 1. The molecule has 1 amide bonds. The lowest BCUT2D eigenvalue weighted by molar-refractivity contribution is -0.193. The number of benzene rings is 2. The van der Waals surface area contributed by atoms with Crippen LogP contribution < -0.4 is 15.5 Å². The quantitative estimate of drug-likeness (QED) is 0.0989. The first-order valence-corrected chi connectivity index (χ1v) is 16.7. The lowest BCUT2D eigenvalue weighted by atomic mass is 9.95. The molecule has 0 bridgehead atoms. The molecule has 0 saturated heterocycles. The van der Waals surface area contributed by atoms with Crippen LogP contribution in [0, 0.1) is 11.6 Å². The highest BCUT2D eigenvalue weighted by molar-refractivity contribution is 7.16. The third kappa shape index (κ3) is 15.9. The van der Waals surface area contributed by atoms with Gasteiger partial charge in [0.1, 0.15) is 22.9 Å². The molecule has 11 nitrogen and oxygen atoms in total. The molecule has 20 heteroatoms. The number of aromatic nitrogens is 1. The highest BCUT2D eigenvalue weighted by atomic mass is 32.1. The van der Waals surface area contributed by atoms with Crippen LogP contribution >= 0.6 is 11.3 Å². The zero-order chi connectivity index (χ0) is 39.1. The number of phenolic OH excluding ortho intramolecular Hbond substituents is 1. The van der Waals surface area contributed by atoms with Crippen molar-refractivity contribution >= 4 is 39.4 Å². The molecule has 1 aliphatic rings. The molecule has 1 aliphatic carbocycles. The average molecular weight is 775 g/mol. The van der Waals surface area contributed by atoms with Crippen LogP contribution in [0.15, 0.2) is 35.1 Å².